The quantitative estimate of drug-likeness (QED) is 0.565. The number of pyridine rings is 2. The first-order valence-electron chi connectivity index (χ1n) is 10.6. The minimum absolute atomic E-state index is 0. The summed E-state index contributed by atoms with van der Waals surface area (Å²) < 4.78 is 13.8. The highest BCUT2D eigenvalue weighted by Gasteiger charge is 2.25. The molecule has 5 rings (SSSR count). The SMILES string of the molecule is CN1CCN(Cc2cc3c(=O)n(C)cc(-c4ccncc4OCC4CC4)c3o2)CC1=O.Cl. The lowest BCUT2D eigenvalue weighted by Gasteiger charge is -2.31. The fourth-order valence-electron chi connectivity index (χ4n) is 3.94. The summed E-state index contributed by atoms with van der Waals surface area (Å²) in [4.78, 5) is 32.8. The molecule has 1 saturated heterocycles. The number of hydrogen-bond acceptors (Lipinski definition) is 6. The summed E-state index contributed by atoms with van der Waals surface area (Å²) in [6, 6.07) is 3.69. The number of furan rings is 1. The maximum atomic E-state index is 12.8. The lowest BCUT2D eigenvalue weighted by atomic mass is 10.1. The molecule has 1 saturated carbocycles. The number of aromatic nitrogens is 2. The molecule has 3 aromatic heterocycles. The Kier molecular flexibility index (Phi) is 6.26. The molecule has 4 heterocycles. The van der Waals surface area contributed by atoms with Crippen LogP contribution in [0.1, 0.15) is 18.6 Å². The highest BCUT2D eigenvalue weighted by molar-refractivity contribution is 5.93. The Hall–Kier alpha value is -2.84. The minimum Gasteiger partial charge on any atom is -0.491 e. The van der Waals surface area contributed by atoms with Gasteiger partial charge in [0.05, 0.1) is 31.3 Å². The van der Waals surface area contributed by atoms with Crippen molar-refractivity contribution in [3.8, 4) is 16.9 Å². The molecule has 1 aliphatic heterocycles. The van der Waals surface area contributed by atoms with Crippen LogP contribution in [0.15, 0.2) is 39.9 Å². The third kappa shape index (κ3) is 4.38. The van der Waals surface area contributed by atoms with Crippen molar-refractivity contribution >= 4 is 29.3 Å². The molecule has 0 atom stereocenters. The molecule has 0 N–H and O–H groups in total. The molecule has 8 nitrogen and oxygen atoms in total. The van der Waals surface area contributed by atoms with Gasteiger partial charge in [-0.25, -0.2) is 0 Å². The van der Waals surface area contributed by atoms with E-state index in [1.165, 1.54) is 12.8 Å². The van der Waals surface area contributed by atoms with Gasteiger partial charge in [0.25, 0.3) is 5.56 Å². The van der Waals surface area contributed by atoms with E-state index in [2.05, 4.69) is 4.98 Å². The van der Waals surface area contributed by atoms with Crippen molar-refractivity contribution in [3.63, 3.8) is 0 Å². The first-order valence-corrected chi connectivity index (χ1v) is 10.6. The Balaban J connectivity index is 0.00000245. The number of rotatable bonds is 6. The lowest BCUT2D eigenvalue weighted by Crippen LogP contribution is -2.47. The highest BCUT2D eigenvalue weighted by Crippen LogP contribution is 2.36. The van der Waals surface area contributed by atoms with Gasteiger partial charge in [-0.1, -0.05) is 0 Å². The Morgan fingerprint density at radius 1 is 1.19 bits per heavy atom. The monoisotopic (exact) mass is 458 g/mol. The molecular weight excluding hydrogens is 432 g/mol. The fraction of sp³-hybridized carbons (Fsp3) is 0.435. The maximum Gasteiger partial charge on any atom is 0.261 e. The zero-order valence-corrected chi connectivity index (χ0v) is 19.1. The molecule has 0 bridgehead atoms. The van der Waals surface area contributed by atoms with E-state index in [0.717, 1.165) is 17.7 Å². The Bertz CT molecular complexity index is 1200. The number of piperazine rings is 1. The van der Waals surface area contributed by atoms with E-state index < -0.39 is 0 Å². The number of ether oxygens (including phenoxy) is 1. The van der Waals surface area contributed by atoms with Crippen LogP contribution >= 0.6 is 12.4 Å². The number of carbonyl (C=O) groups excluding carboxylic acids is 1. The third-order valence-corrected chi connectivity index (χ3v) is 6.06. The number of nitrogens with zero attached hydrogens (tertiary/aromatic N) is 4. The van der Waals surface area contributed by atoms with E-state index in [0.29, 0.717) is 54.6 Å². The van der Waals surface area contributed by atoms with E-state index in [4.69, 9.17) is 9.15 Å². The number of likely N-dealkylation sites (N-methyl/N-ethyl adjacent to an activating group) is 1. The van der Waals surface area contributed by atoms with Gasteiger partial charge in [-0.2, -0.15) is 0 Å². The van der Waals surface area contributed by atoms with Crippen LogP contribution in [-0.2, 0) is 18.4 Å². The first-order chi connectivity index (χ1) is 15.0. The second-order valence-electron chi connectivity index (χ2n) is 8.57. The van der Waals surface area contributed by atoms with Gasteiger partial charge < -0.3 is 18.6 Å². The predicted octanol–water partition coefficient (Wildman–Crippen LogP) is 2.68. The average Bonchev–Trinajstić information content (AvgIpc) is 3.50. The minimum atomic E-state index is -0.113. The van der Waals surface area contributed by atoms with E-state index in [1.54, 1.807) is 41.2 Å². The molecule has 1 aliphatic carbocycles. The molecule has 0 radical (unpaired) electrons. The average molecular weight is 459 g/mol. The van der Waals surface area contributed by atoms with Crippen LogP contribution in [0.2, 0.25) is 0 Å². The zero-order valence-electron chi connectivity index (χ0n) is 18.2. The van der Waals surface area contributed by atoms with Crippen LogP contribution in [0.4, 0.5) is 0 Å². The fourth-order valence-corrected chi connectivity index (χ4v) is 3.94. The van der Waals surface area contributed by atoms with Gasteiger partial charge in [-0.15, -0.1) is 12.4 Å². The number of halogens is 1. The van der Waals surface area contributed by atoms with E-state index in [9.17, 15) is 9.59 Å². The lowest BCUT2D eigenvalue weighted by molar-refractivity contribution is -0.134. The third-order valence-electron chi connectivity index (χ3n) is 6.06. The largest absolute Gasteiger partial charge is 0.491 e. The van der Waals surface area contributed by atoms with Gasteiger partial charge in [0.2, 0.25) is 5.91 Å². The first kappa shape index (κ1) is 22.4. The Morgan fingerprint density at radius 3 is 2.75 bits per heavy atom. The van der Waals surface area contributed by atoms with Crippen molar-refractivity contribution in [3.05, 3.63) is 46.8 Å². The molecule has 0 spiro atoms. The number of amides is 1. The summed E-state index contributed by atoms with van der Waals surface area (Å²) in [6.07, 6.45) is 7.63. The van der Waals surface area contributed by atoms with Crippen molar-refractivity contribution in [1.82, 2.24) is 19.4 Å². The molecule has 32 heavy (non-hydrogen) atoms. The van der Waals surface area contributed by atoms with Crippen molar-refractivity contribution in [2.24, 2.45) is 13.0 Å². The Morgan fingerprint density at radius 2 is 2.00 bits per heavy atom. The molecular formula is C23H27ClN4O4. The predicted molar refractivity (Wildman–Crippen MR) is 123 cm³/mol. The number of aryl methyl sites for hydroxylation is 1. The van der Waals surface area contributed by atoms with Crippen molar-refractivity contribution in [2.45, 2.75) is 19.4 Å². The van der Waals surface area contributed by atoms with Gasteiger partial charge in [-0.05, 0) is 30.9 Å². The smallest absolute Gasteiger partial charge is 0.261 e. The summed E-state index contributed by atoms with van der Waals surface area (Å²) in [6.45, 7) is 2.97. The molecule has 0 aromatic carbocycles. The van der Waals surface area contributed by atoms with Crippen molar-refractivity contribution < 1.29 is 13.9 Å². The molecule has 1 amide bonds. The summed E-state index contributed by atoms with van der Waals surface area (Å²) in [5, 5.41) is 0.528. The molecule has 9 heteroatoms. The molecule has 0 unspecified atom stereocenters. The number of hydrogen-bond donors (Lipinski definition) is 0. The highest BCUT2D eigenvalue weighted by atomic mass is 35.5. The van der Waals surface area contributed by atoms with Crippen LogP contribution in [-0.4, -0.2) is 58.5 Å². The van der Waals surface area contributed by atoms with Crippen LogP contribution < -0.4 is 10.3 Å². The molecule has 2 fully saturated rings. The van der Waals surface area contributed by atoms with Gasteiger partial charge in [0.1, 0.15) is 17.1 Å². The summed E-state index contributed by atoms with van der Waals surface area (Å²) in [5.41, 5.74) is 2.08. The summed E-state index contributed by atoms with van der Waals surface area (Å²) in [7, 11) is 3.55. The standard InChI is InChI=1S/C23H26N4O4.ClH/c1-25-7-8-27(13-21(25)28)11-16-9-18-22(31-16)19(12-26(2)23(18)29)17-5-6-24-10-20(17)30-14-15-3-4-15;/h5-6,9-10,12,15H,3-4,7-8,11,13-14H2,1-2H3;1H. The van der Waals surface area contributed by atoms with Crippen LogP contribution in [0.25, 0.3) is 22.1 Å². The summed E-state index contributed by atoms with van der Waals surface area (Å²) in [5.74, 6) is 2.08. The second-order valence-corrected chi connectivity index (χ2v) is 8.57. The maximum absolute atomic E-state index is 12.8. The molecule has 2 aliphatic rings. The zero-order chi connectivity index (χ0) is 21.5. The molecule has 170 valence electrons. The van der Waals surface area contributed by atoms with Gasteiger partial charge in [0, 0.05) is 50.7 Å². The molecule has 3 aromatic rings. The van der Waals surface area contributed by atoms with Crippen molar-refractivity contribution in [1.29, 1.82) is 0 Å². The normalized spacial score (nSPS) is 16.9. The van der Waals surface area contributed by atoms with E-state index in [1.807, 2.05) is 18.0 Å². The van der Waals surface area contributed by atoms with E-state index in [-0.39, 0.29) is 23.9 Å². The summed E-state index contributed by atoms with van der Waals surface area (Å²) >= 11 is 0. The van der Waals surface area contributed by atoms with Crippen LogP contribution in [0.5, 0.6) is 5.75 Å². The second kappa shape index (κ2) is 8.96. The van der Waals surface area contributed by atoms with Crippen LogP contribution in [0, 0.1) is 5.92 Å². The van der Waals surface area contributed by atoms with Crippen LogP contribution in [0.3, 0.4) is 0 Å². The van der Waals surface area contributed by atoms with Gasteiger partial charge in [-0.3, -0.25) is 19.5 Å². The number of carbonyl (C=O) groups is 1. The van der Waals surface area contributed by atoms with Gasteiger partial charge in [0.15, 0.2) is 0 Å². The van der Waals surface area contributed by atoms with E-state index >= 15 is 0 Å². The Labute approximate surface area is 192 Å². The topological polar surface area (TPSA) is 80.8 Å². The van der Waals surface area contributed by atoms with Gasteiger partial charge >= 0.3 is 0 Å². The van der Waals surface area contributed by atoms with Crippen molar-refractivity contribution in [2.75, 3.05) is 33.3 Å². The number of fused-ring (bicyclic) bond motifs is 1.